The summed E-state index contributed by atoms with van der Waals surface area (Å²) in [5.74, 6) is 4.59. The molecule has 0 bridgehead atoms. The highest BCUT2D eigenvalue weighted by Crippen LogP contribution is 2.44. The highest BCUT2D eigenvalue weighted by molar-refractivity contribution is 5.73. The fraction of sp³-hybridized carbons (Fsp3) is 0.885. The van der Waals surface area contributed by atoms with E-state index in [1.54, 1.807) is 0 Å². The second-order valence-electron chi connectivity index (χ2n) is 10.2. The summed E-state index contributed by atoms with van der Waals surface area (Å²) in [6.07, 6.45) is 20.2. The molecule has 3 unspecified atom stereocenters. The molecule has 3 atom stereocenters. The third kappa shape index (κ3) is 5.63. The van der Waals surface area contributed by atoms with Crippen molar-refractivity contribution in [2.75, 3.05) is 0 Å². The molecule has 28 heavy (non-hydrogen) atoms. The van der Waals surface area contributed by atoms with Gasteiger partial charge in [0, 0.05) is 0 Å². The Balaban J connectivity index is 1.39. The van der Waals surface area contributed by atoms with Crippen molar-refractivity contribution in [3.63, 3.8) is 0 Å². The Labute approximate surface area is 173 Å². The number of carbonyl (C=O) groups excluding carboxylic acids is 1. The lowest BCUT2D eigenvalue weighted by molar-refractivity contribution is -0.165. The van der Waals surface area contributed by atoms with Gasteiger partial charge in [-0.25, -0.2) is 0 Å². The smallest absolute Gasteiger partial charge is 0.309 e. The first-order valence-corrected chi connectivity index (χ1v) is 12.4. The maximum Gasteiger partial charge on any atom is 0.309 e. The molecule has 2 aliphatic carbocycles. The van der Waals surface area contributed by atoms with Crippen molar-refractivity contribution < 1.29 is 9.53 Å². The molecular formula is C26H44O2. The molecule has 1 aliphatic heterocycles. The average Bonchev–Trinajstić information content (AvgIpc) is 2.74. The number of hydrogen-bond donors (Lipinski definition) is 0. The molecule has 3 aliphatic rings. The summed E-state index contributed by atoms with van der Waals surface area (Å²) in [4.78, 5) is 12.3. The predicted molar refractivity (Wildman–Crippen MR) is 117 cm³/mol. The summed E-state index contributed by atoms with van der Waals surface area (Å²) >= 11 is 0. The molecule has 3 fully saturated rings. The lowest BCUT2D eigenvalue weighted by Crippen LogP contribution is -2.38. The van der Waals surface area contributed by atoms with E-state index in [2.05, 4.69) is 26.5 Å². The average molecular weight is 389 g/mol. The van der Waals surface area contributed by atoms with E-state index >= 15 is 0 Å². The molecule has 2 nitrogen and oxygen atoms in total. The maximum atomic E-state index is 12.3. The van der Waals surface area contributed by atoms with E-state index in [0.29, 0.717) is 5.92 Å². The largest absolute Gasteiger partial charge is 0.462 e. The Hall–Kier alpha value is -0.790. The number of hydrogen-bond acceptors (Lipinski definition) is 2. The van der Waals surface area contributed by atoms with Gasteiger partial charge in [-0.2, -0.15) is 0 Å². The first-order valence-electron chi connectivity index (χ1n) is 12.4. The molecule has 0 radical (unpaired) electrons. The van der Waals surface area contributed by atoms with Crippen molar-refractivity contribution in [3.05, 3.63) is 12.7 Å². The number of allylic oxidation sites excluding steroid dienone is 1. The maximum absolute atomic E-state index is 12.3. The number of cyclic esters (lactones) is 1. The molecule has 2 saturated carbocycles. The molecule has 0 aromatic rings. The van der Waals surface area contributed by atoms with Gasteiger partial charge in [-0.05, 0) is 100 Å². The predicted octanol–water partition coefficient (Wildman–Crippen LogP) is 7.32. The number of ether oxygens (including phenoxy) is 1. The molecule has 0 aromatic carbocycles. The summed E-state index contributed by atoms with van der Waals surface area (Å²) in [5.41, 5.74) is 0. The quantitative estimate of drug-likeness (QED) is 0.321. The highest BCUT2D eigenvalue weighted by Gasteiger charge is 2.38. The van der Waals surface area contributed by atoms with Crippen LogP contribution < -0.4 is 0 Å². The van der Waals surface area contributed by atoms with Crippen LogP contribution in [0.2, 0.25) is 0 Å². The second kappa shape index (κ2) is 10.8. The van der Waals surface area contributed by atoms with Gasteiger partial charge >= 0.3 is 5.97 Å². The molecule has 2 heteroatoms. The molecule has 160 valence electrons. The van der Waals surface area contributed by atoms with Crippen LogP contribution in [-0.4, -0.2) is 12.1 Å². The van der Waals surface area contributed by atoms with Crippen molar-refractivity contribution >= 4 is 5.97 Å². The number of carbonyl (C=O) groups is 1. The van der Waals surface area contributed by atoms with Crippen LogP contribution in [0.1, 0.15) is 104 Å². The third-order valence-corrected chi connectivity index (χ3v) is 8.54. The van der Waals surface area contributed by atoms with Gasteiger partial charge in [0.15, 0.2) is 0 Å². The van der Waals surface area contributed by atoms with Crippen LogP contribution in [0.4, 0.5) is 0 Å². The van der Waals surface area contributed by atoms with Gasteiger partial charge in [0.25, 0.3) is 0 Å². The van der Waals surface area contributed by atoms with Gasteiger partial charge < -0.3 is 4.74 Å². The number of rotatable bonds is 8. The minimum atomic E-state index is 0.0989. The molecule has 0 N–H and O–H groups in total. The summed E-state index contributed by atoms with van der Waals surface area (Å²) < 4.78 is 5.90. The summed E-state index contributed by atoms with van der Waals surface area (Å²) in [7, 11) is 0. The van der Waals surface area contributed by atoms with Crippen molar-refractivity contribution in [2.45, 2.75) is 110 Å². The van der Waals surface area contributed by atoms with Gasteiger partial charge in [0.05, 0.1) is 5.92 Å². The zero-order valence-electron chi connectivity index (χ0n) is 18.5. The van der Waals surface area contributed by atoms with Crippen LogP contribution in [0.25, 0.3) is 0 Å². The van der Waals surface area contributed by atoms with Gasteiger partial charge in [0.1, 0.15) is 6.10 Å². The van der Waals surface area contributed by atoms with E-state index in [1.165, 1.54) is 64.2 Å². The van der Waals surface area contributed by atoms with Crippen LogP contribution in [0, 0.1) is 35.5 Å². The van der Waals surface area contributed by atoms with E-state index in [-0.39, 0.29) is 18.0 Å². The van der Waals surface area contributed by atoms with Crippen molar-refractivity contribution in [1.29, 1.82) is 0 Å². The van der Waals surface area contributed by atoms with E-state index < -0.39 is 0 Å². The fourth-order valence-electron chi connectivity index (χ4n) is 6.51. The first kappa shape index (κ1) is 21.9. The van der Waals surface area contributed by atoms with Crippen LogP contribution in [-0.2, 0) is 9.53 Å². The van der Waals surface area contributed by atoms with Gasteiger partial charge in [0.2, 0.25) is 0 Å². The van der Waals surface area contributed by atoms with Crippen molar-refractivity contribution in [2.24, 2.45) is 35.5 Å². The van der Waals surface area contributed by atoms with E-state index in [0.717, 1.165) is 49.4 Å². The fourth-order valence-corrected chi connectivity index (χ4v) is 6.51. The SMILES string of the molecule is C=CCCC1CCC(C(C)C2CCC(C3CCC(CCC)C(=O)O3)CC2)CC1. The molecule has 0 aromatic heterocycles. The second-order valence-corrected chi connectivity index (χ2v) is 10.2. The summed E-state index contributed by atoms with van der Waals surface area (Å²) in [6, 6.07) is 0. The summed E-state index contributed by atoms with van der Waals surface area (Å²) in [5, 5.41) is 0. The Morgan fingerprint density at radius 1 is 0.964 bits per heavy atom. The standard InChI is InChI=1S/C26H44O2/c1-4-6-8-20-9-11-21(12-10-20)19(3)22-13-15-23(16-14-22)25-18-17-24(7-5-2)26(27)28-25/h4,19-25H,1,5-18H2,2-3H3. The molecule has 1 heterocycles. The van der Waals surface area contributed by atoms with E-state index in [4.69, 9.17) is 4.74 Å². The topological polar surface area (TPSA) is 26.3 Å². The van der Waals surface area contributed by atoms with Crippen molar-refractivity contribution in [3.8, 4) is 0 Å². The van der Waals surface area contributed by atoms with Crippen LogP contribution in [0.5, 0.6) is 0 Å². The molecular weight excluding hydrogens is 344 g/mol. The Morgan fingerprint density at radius 3 is 2.18 bits per heavy atom. The molecule has 0 amide bonds. The van der Waals surface area contributed by atoms with Crippen LogP contribution in [0.3, 0.4) is 0 Å². The highest BCUT2D eigenvalue weighted by atomic mass is 16.5. The van der Waals surface area contributed by atoms with Gasteiger partial charge in [-0.3, -0.25) is 4.79 Å². The molecule has 3 rings (SSSR count). The Bertz CT molecular complexity index is 483. The lowest BCUT2D eigenvalue weighted by atomic mass is 9.66. The van der Waals surface area contributed by atoms with Gasteiger partial charge in [-0.15, -0.1) is 6.58 Å². The number of esters is 1. The zero-order valence-corrected chi connectivity index (χ0v) is 18.5. The minimum absolute atomic E-state index is 0.0989. The first-order chi connectivity index (χ1) is 13.6. The van der Waals surface area contributed by atoms with Crippen LogP contribution in [0.15, 0.2) is 12.7 Å². The Kier molecular flexibility index (Phi) is 8.48. The zero-order chi connectivity index (χ0) is 19.9. The Morgan fingerprint density at radius 2 is 1.61 bits per heavy atom. The van der Waals surface area contributed by atoms with E-state index in [9.17, 15) is 4.79 Å². The minimum Gasteiger partial charge on any atom is -0.462 e. The monoisotopic (exact) mass is 388 g/mol. The summed E-state index contributed by atoms with van der Waals surface area (Å²) in [6.45, 7) is 8.58. The van der Waals surface area contributed by atoms with Crippen molar-refractivity contribution in [1.82, 2.24) is 0 Å². The van der Waals surface area contributed by atoms with Gasteiger partial charge in [-0.1, -0.05) is 39.2 Å². The lowest BCUT2D eigenvalue weighted by Gasteiger charge is -2.41. The normalized spacial score (nSPS) is 37.9. The van der Waals surface area contributed by atoms with Crippen LogP contribution >= 0.6 is 0 Å². The van der Waals surface area contributed by atoms with E-state index in [1.807, 2.05) is 0 Å². The molecule has 1 saturated heterocycles. The molecule has 0 spiro atoms. The third-order valence-electron chi connectivity index (χ3n) is 8.54.